The maximum atomic E-state index is 13.0. The molecule has 2 nitrogen and oxygen atoms in total. The zero-order chi connectivity index (χ0) is 14.5. The Morgan fingerprint density at radius 2 is 1.60 bits per heavy atom. The lowest BCUT2D eigenvalue weighted by Gasteiger charge is -2.53. The van der Waals surface area contributed by atoms with E-state index in [2.05, 4.69) is 32.9 Å². The van der Waals surface area contributed by atoms with Gasteiger partial charge in [0, 0.05) is 12.8 Å². The molecule has 0 amide bonds. The van der Waals surface area contributed by atoms with Crippen LogP contribution < -0.4 is 0 Å². The molecule has 3 aliphatic rings. The van der Waals surface area contributed by atoms with E-state index in [1.54, 1.807) is 0 Å². The average Bonchev–Trinajstić information content (AvgIpc) is 2.36. The second-order valence-corrected chi connectivity index (χ2v) is 7.96. The molecule has 0 aromatic rings. The SMILES string of the molecule is C[C@H]1C=C[C@@H]2CCCC[C@@H]2C12C(=O)CC(C)(C)CC2=O. The van der Waals surface area contributed by atoms with Crippen molar-refractivity contribution < 1.29 is 9.59 Å². The van der Waals surface area contributed by atoms with E-state index in [-0.39, 0.29) is 28.8 Å². The minimum Gasteiger partial charge on any atom is -0.299 e. The number of fused-ring (bicyclic) bond motifs is 2. The molecule has 0 saturated heterocycles. The number of ketones is 2. The van der Waals surface area contributed by atoms with Crippen LogP contribution in [0.2, 0.25) is 0 Å². The van der Waals surface area contributed by atoms with Crippen LogP contribution in [0, 0.1) is 28.6 Å². The van der Waals surface area contributed by atoms with E-state index in [9.17, 15) is 9.59 Å². The highest BCUT2D eigenvalue weighted by Gasteiger charge is 2.60. The van der Waals surface area contributed by atoms with Crippen LogP contribution in [0.4, 0.5) is 0 Å². The van der Waals surface area contributed by atoms with Crippen LogP contribution in [0.25, 0.3) is 0 Å². The Bertz CT molecular complexity index is 452. The molecule has 3 aliphatic carbocycles. The molecule has 1 spiro atoms. The van der Waals surface area contributed by atoms with Crippen molar-refractivity contribution in [3.63, 3.8) is 0 Å². The summed E-state index contributed by atoms with van der Waals surface area (Å²) in [7, 11) is 0. The normalized spacial score (nSPS) is 38.9. The highest BCUT2D eigenvalue weighted by molar-refractivity contribution is 6.10. The predicted octanol–water partition coefficient (Wildman–Crippen LogP) is 3.94. The topological polar surface area (TPSA) is 34.1 Å². The quantitative estimate of drug-likeness (QED) is 0.495. The minimum atomic E-state index is -0.685. The third kappa shape index (κ3) is 1.83. The van der Waals surface area contributed by atoms with Crippen LogP contribution in [-0.4, -0.2) is 11.6 Å². The Morgan fingerprint density at radius 3 is 2.25 bits per heavy atom. The van der Waals surface area contributed by atoms with Crippen molar-refractivity contribution in [2.24, 2.45) is 28.6 Å². The number of Topliss-reactive ketones (excluding diaryl/α,β-unsaturated/α-hetero) is 2. The van der Waals surface area contributed by atoms with Crippen molar-refractivity contribution in [1.82, 2.24) is 0 Å². The van der Waals surface area contributed by atoms with Crippen LogP contribution >= 0.6 is 0 Å². The molecule has 0 aromatic carbocycles. The van der Waals surface area contributed by atoms with Crippen molar-refractivity contribution >= 4 is 11.6 Å². The van der Waals surface area contributed by atoms with Gasteiger partial charge in [-0.2, -0.15) is 0 Å². The maximum absolute atomic E-state index is 13.0. The fraction of sp³-hybridized carbons (Fsp3) is 0.778. The van der Waals surface area contributed by atoms with Gasteiger partial charge in [-0.3, -0.25) is 9.59 Å². The van der Waals surface area contributed by atoms with Gasteiger partial charge in [-0.05, 0) is 36.0 Å². The number of carbonyl (C=O) groups is 2. The summed E-state index contributed by atoms with van der Waals surface area (Å²) in [6.07, 6.45) is 10.2. The first kappa shape index (κ1) is 14.0. The highest BCUT2D eigenvalue weighted by atomic mass is 16.2. The average molecular weight is 274 g/mol. The molecule has 0 radical (unpaired) electrons. The van der Waals surface area contributed by atoms with Gasteiger partial charge in [0.25, 0.3) is 0 Å². The summed E-state index contributed by atoms with van der Waals surface area (Å²) >= 11 is 0. The van der Waals surface area contributed by atoms with E-state index in [4.69, 9.17) is 0 Å². The van der Waals surface area contributed by atoms with Gasteiger partial charge in [-0.25, -0.2) is 0 Å². The monoisotopic (exact) mass is 274 g/mol. The van der Waals surface area contributed by atoms with Crippen molar-refractivity contribution in [1.29, 1.82) is 0 Å². The summed E-state index contributed by atoms with van der Waals surface area (Å²) in [5.74, 6) is 1.26. The van der Waals surface area contributed by atoms with E-state index in [1.165, 1.54) is 12.8 Å². The summed E-state index contributed by atoms with van der Waals surface area (Å²) in [5, 5.41) is 0. The summed E-state index contributed by atoms with van der Waals surface area (Å²) < 4.78 is 0. The van der Waals surface area contributed by atoms with Crippen molar-refractivity contribution in [3.8, 4) is 0 Å². The molecule has 0 aliphatic heterocycles. The smallest absolute Gasteiger partial charge is 0.147 e. The Morgan fingerprint density at radius 1 is 1.00 bits per heavy atom. The zero-order valence-corrected chi connectivity index (χ0v) is 12.9. The number of rotatable bonds is 0. The molecule has 110 valence electrons. The highest BCUT2D eigenvalue weighted by Crippen LogP contribution is 2.56. The van der Waals surface area contributed by atoms with E-state index < -0.39 is 5.41 Å². The van der Waals surface area contributed by atoms with E-state index in [0.717, 1.165) is 12.8 Å². The molecule has 3 rings (SSSR count). The number of carbonyl (C=O) groups excluding carboxylic acids is 2. The molecule has 3 atom stereocenters. The van der Waals surface area contributed by atoms with Gasteiger partial charge in [0.05, 0.1) is 5.41 Å². The van der Waals surface area contributed by atoms with Gasteiger partial charge in [-0.1, -0.05) is 45.8 Å². The van der Waals surface area contributed by atoms with Gasteiger partial charge in [0.15, 0.2) is 0 Å². The number of allylic oxidation sites excluding steroid dienone is 2. The minimum absolute atomic E-state index is 0.0814. The van der Waals surface area contributed by atoms with Crippen molar-refractivity contribution in [3.05, 3.63) is 12.2 Å². The second-order valence-electron chi connectivity index (χ2n) is 7.96. The third-order valence-electron chi connectivity index (χ3n) is 5.97. The molecule has 0 unspecified atom stereocenters. The molecular formula is C18H26O2. The molecule has 0 heterocycles. The largest absolute Gasteiger partial charge is 0.299 e. The lowest BCUT2D eigenvalue weighted by atomic mass is 9.48. The fourth-order valence-electron chi connectivity index (χ4n) is 5.06. The molecular weight excluding hydrogens is 248 g/mol. The third-order valence-corrected chi connectivity index (χ3v) is 5.97. The van der Waals surface area contributed by atoms with Gasteiger partial charge in [0.1, 0.15) is 11.6 Å². The molecule has 0 N–H and O–H groups in total. The maximum Gasteiger partial charge on any atom is 0.147 e. The van der Waals surface area contributed by atoms with E-state index in [1.807, 2.05) is 0 Å². The molecule has 2 saturated carbocycles. The zero-order valence-electron chi connectivity index (χ0n) is 12.9. The predicted molar refractivity (Wildman–Crippen MR) is 79.2 cm³/mol. The van der Waals surface area contributed by atoms with E-state index in [0.29, 0.717) is 18.8 Å². The Balaban J connectivity index is 2.06. The molecule has 0 bridgehead atoms. The van der Waals surface area contributed by atoms with E-state index >= 15 is 0 Å². The standard InChI is InChI=1S/C18H26O2/c1-12-8-9-13-6-4-5-7-14(13)18(12)15(19)10-17(2,3)11-16(18)20/h8-9,12-14H,4-7,10-11H2,1-3H3/t12-,13-,14-/m0/s1. The van der Waals surface area contributed by atoms with Crippen LogP contribution in [0.3, 0.4) is 0 Å². The van der Waals surface area contributed by atoms with Gasteiger partial charge in [0.2, 0.25) is 0 Å². The number of hydrogen-bond donors (Lipinski definition) is 0. The first-order chi connectivity index (χ1) is 9.38. The first-order valence-corrected chi connectivity index (χ1v) is 8.13. The Kier molecular flexibility index (Phi) is 3.19. The Labute approximate surface area is 122 Å². The molecule has 20 heavy (non-hydrogen) atoms. The summed E-state index contributed by atoms with van der Waals surface area (Å²) in [6.45, 7) is 6.18. The number of hydrogen-bond acceptors (Lipinski definition) is 2. The van der Waals surface area contributed by atoms with Crippen LogP contribution in [0.1, 0.15) is 59.3 Å². The summed E-state index contributed by atoms with van der Waals surface area (Å²) in [4.78, 5) is 26.0. The van der Waals surface area contributed by atoms with Crippen LogP contribution in [0.5, 0.6) is 0 Å². The lowest BCUT2D eigenvalue weighted by molar-refractivity contribution is -0.159. The summed E-state index contributed by atoms with van der Waals surface area (Å²) in [6, 6.07) is 0. The van der Waals surface area contributed by atoms with Gasteiger partial charge in [-0.15, -0.1) is 0 Å². The van der Waals surface area contributed by atoms with Gasteiger partial charge < -0.3 is 0 Å². The fourth-order valence-corrected chi connectivity index (χ4v) is 5.06. The van der Waals surface area contributed by atoms with Gasteiger partial charge >= 0.3 is 0 Å². The Hall–Kier alpha value is -0.920. The second kappa shape index (κ2) is 4.54. The summed E-state index contributed by atoms with van der Waals surface area (Å²) in [5.41, 5.74) is -0.834. The molecule has 2 heteroatoms. The lowest BCUT2D eigenvalue weighted by Crippen LogP contribution is -2.58. The molecule has 2 fully saturated rings. The first-order valence-electron chi connectivity index (χ1n) is 8.13. The van der Waals surface area contributed by atoms with Crippen LogP contribution in [-0.2, 0) is 9.59 Å². The van der Waals surface area contributed by atoms with Crippen LogP contribution in [0.15, 0.2) is 12.2 Å². The van der Waals surface area contributed by atoms with Crippen molar-refractivity contribution in [2.75, 3.05) is 0 Å². The molecule has 0 aromatic heterocycles. The van der Waals surface area contributed by atoms with Crippen molar-refractivity contribution in [2.45, 2.75) is 59.3 Å².